The molecule has 1 aromatic heterocycles. The Balaban J connectivity index is 1.91. The predicted octanol–water partition coefficient (Wildman–Crippen LogP) is 3.45. The molecule has 0 unspecified atom stereocenters. The van der Waals surface area contributed by atoms with Crippen LogP contribution in [0, 0.1) is 0 Å². The number of carbonyl (C=O) groups excluding carboxylic acids is 1. The van der Waals surface area contributed by atoms with Gasteiger partial charge in [-0.05, 0) is 28.8 Å². The summed E-state index contributed by atoms with van der Waals surface area (Å²) in [4.78, 5) is 14.1. The Morgan fingerprint density at radius 2 is 1.35 bits per heavy atom. The van der Waals surface area contributed by atoms with E-state index in [1.165, 1.54) is 5.56 Å². The Labute approximate surface area is 117 Å². The molecule has 3 nitrogen and oxygen atoms in total. The van der Waals surface area contributed by atoms with Crippen molar-refractivity contribution in [3.8, 4) is 22.4 Å². The van der Waals surface area contributed by atoms with E-state index in [9.17, 15) is 4.79 Å². The molecule has 0 saturated heterocycles. The highest BCUT2D eigenvalue weighted by Gasteiger charge is 2.05. The number of amides is 1. The summed E-state index contributed by atoms with van der Waals surface area (Å²) in [6.45, 7) is 0. The second-order valence-electron chi connectivity index (χ2n) is 4.59. The average molecular weight is 262 g/mol. The molecule has 0 radical (unpaired) electrons. The van der Waals surface area contributed by atoms with Gasteiger partial charge in [0.1, 0.15) is 5.69 Å². The van der Waals surface area contributed by atoms with Crippen LogP contribution in [0.3, 0.4) is 0 Å². The van der Waals surface area contributed by atoms with Gasteiger partial charge < -0.3 is 10.7 Å². The third kappa shape index (κ3) is 2.34. The fourth-order valence-corrected chi connectivity index (χ4v) is 2.18. The minimum Gasteiger partial charge on any atom is -0.364 e. The smallest absolute Gasteiger partial charge is 0.265 e. The minimum atomic E-state index is -0.447. The number of aromatic nitrogens is 1. The van der Waals surface area contributed by atoms with Crippen molar-refractivity contribution in [2.24, 2.45) is 5.73 Å². The van der Waals surface area contributed by atoms with Crippen LogP contribution < -0.4 is 5.73 Å². The van der Waals surface area contributed by atoms with Gasteiger partial charge in [-0.3, -0.25) is 4.79 Å². The molecule has 1 amide bonds. The van der Waals surface area contributed by atoms with E-state index in [4.69, 9.17) is 5.73 Å². The predicted molar refractivity (Wildman–Crippen MR) is 80.2 cm³/mol. The summed E-state index contributed by atoms with van der Waals surface area (Å²) in [5.41, 5.74) is 9.92. The molecule has 1 heterocycles. The summed E-state index contributed by atoms with van der Waals surface area (Å²) >= 11 is 0. The van der Waals surface area contributed by atoms with Crippen molar-refractivity contribution in [2.75, 3.05) is 0 Å². The Kier molecular flexibility index (Phi) is 3.09. The van der Waals surface area contributed by atoms with E-state index < -0.39 is 5.91 Å². The lowest BCUT2D eigenvalue weighted by Crippen LogP contribution is -2.10. The number of nitrogens with two attached hydrogens (primary N) is 1. The van der Waals surface area contributed by atoms with Crippen LogP contribution in [0.5, 0.6) is 0 Å². The van der Waals surface area contributed by atoms with Gasteiger partial charge in [0.15, 0.2) is 0 Å². The molecule has 3 N–H and O–H groups in total. The molecule has 98 valence electrons. The number of H-pyrrole nitrogens is 1. The number of primary amides is 1. The number of hydrogen-bond donors (Lipinski definition) is 2. The topological polar surface area (TPSA) is 58.9 Å². The SMILES string of the molecule is NC(=O)c1ccc(-c2ccc(-c3ccccc3)cc2)[nH]1. The summed E-state index contributed by atoms with van der Waals surface area (Å²) in [6.07, 6.45) is 0. The molecule has 0 bridgehead atoms. The molecule has 0 fully saturated rings. The highest BCUT2D eigenvalue weighted by atomic mass is 16.1. The Morgan fingerprint density at radius 1 is 0.750 bits per heavy atom. The van der Waals surface area contributed by atoms with Crippen LogP contribution in [0.2, 0.25) is 0 Å². The molecular weight excluding hydrogens is 248 g/mol. The van der Waals surface area contributed by atoms with Crippen LogP contribution in [-0.2, 0) is 0 Å². The van der Waals surface area contributed by atoms with Gasteiger partial charge >= 0.3 is 0 Å². The van der Waals surface area contributed by atoms with Crippen LogP contribution in [0.15, 0.2) is 66.7 Å². The first kappa shape index (κ1) is 12.2. The first-order valence-corrected chi connectivity index (χ1v) is 6.39. The summed E-state index contributed by atoms with van der Waals surface area (Å²) in [7, 11) is 0. The molecule has 0 atom stereocenters. The maximum Gasteiger partial charge on any atom is 0.265 e. The number of aromatic amines is 1. The maximum atomic E-state index is 11.1. The lowest BCUT2D eigenvalue weighted by Gasteiger charge is -2.03. The normalized spacial score (nSPS) is 10.4. The zero-order valence-electron chi connectivity index (χ0n) is 10.8. The Bertz CT molecular complexity index is 727. The molecule has 3 aromatic rings. The molecular formula is C17H14N2O. The zero-order valence-corrected chi connectivity index (χ0v) is 10.8. The van der Waals surface area contributed by atoms with Crippen LogP contribution >= 0.6 is 0 Å². The van der Waals surface area contributed by atoms with E-state index in [0.29, 0.717) is 5.69 Å². The molecule has 3 rings (SSSR count). The van der Waals surface area contributed by atoms with E-state index in [1.807, 2.05) is 36.4 Å². The monoisotopic (exact) mass is 262 g/mol. The van der Waals surface area contributed by atoms with Crippen molar-refractivity contribution in [3.63, 3.8) is 0 Å². The Hall–Kier alpha value is -2.81. The molecule has 2 aromatic carbocycles. The van der Waals surface area contributed by atoms with Gasteiger partial charge in [0, 0.05) is 5.69 Å². The van der Waals surface area contributed by atoms with Crippen LogP contribution in [0.1, 0.15) is 10.5 Å². The number of nitrogens with one attached hydrogen (secondary N) is 1. The van der Waals surface area contributed by atoms with E-state index >= 15 is 0 Å². The largest absolute Gasteiger partial charge is 0.364 e. The highest BCUT2D eigenvalue weighted by Crippen LogP contribution is 2.24. The van der Waals surface area contributed by atoms with Crippen molar-refractivity contribution >= 4 is 5.91 Å². The number of carbonyl (C=O) groups is 1. The fourth-order valence-electron chi connectivity index (χ4n) is 2.18. The molecule has 3 heteroatoms. The Morgan fingerprint density at radius 3 is 1.95 bits per heavy atom. The first-order valence-electron chi connectivity index (χ1n) is 6.39. The van der Waals surface area contributed by atoms with Gasteiger partial charge in [0.25, 0.3) is 5.91 Å². The fraction of sp³-hybridized carbons (Fsp3) is 0. The van der Waals surface area contributed by atoms with Crippen molar-refractivity contribution < 1.29 is 4.79 Å². The summed E-state index contributed by atoms with van der Waals surface area (Å²) in [6, 6.07) is 21.9. The maximum absolute atomic E-state index is 11.1. The van der Waals surface area contributed by atoms with Crippen LogP contribution in [0.4, 0.5) is 0 Å². The number of hydrogen-bond acceptors (Lipinski definition) is 1. The summed E-state index contributed by atoms with van der Waals surface area (Å²) in [5, 5.41) is 0. The molecule has 0 aliphatic rings. The van der Waals surface area contributed by atoms with Crippen molar-refractivity contribution in [3.05, 3.63) is 72.4 Å². The van der Waals surface area contributed by atoms with E-state index in [2.05, 4.69) is 29.2 Å². The van der Waals surface area contributed by atoms with Gasteiger partial charge in [-0.15, -0.1) is 0 Å². The van der Waals surface area contributed by atoms with Gasteiger partial charge in [-0.2, -0.15) is 0 Å². The number of benzene rings is 2. The molecule has 0 aliphatic carbocycles. The van der Waals surface area contributed by atoms with E-state index in [1.54, 1.807) is 6.07 Å². The molecule has 0 aliphatic heterocycles. The third-order valence-electron chi connectivity index (χ3n) is 3.25. The first-order chi connectivity index (χ1) is 9.74. The lowest BCUT2D eigenvalue weighted by molar-refractivity contribution is 0.0996. The molecule has 0 saturated carbocycles. The molecule has 20 heavy (non-hydrogen) atoms. The van der Waals surface area contributed by atoms with E-state index in [0.717, 1.165) is 16.8 Å². The minimum absolute atomic E-state index is 0.423. The summed E-state index contributed by atoms with van der Waals surface area (Å²) in [5.74, 6) is -0.447. The van der Waals surface area contributed by atoms with Crippen molar-refractivity contribution in [1.29, 1.82) is 0 Å². The lowest BCUT2D eigenvalue weighted by atomic mass is 10.0. The summed E-state index contributed by atoms with van der Waals surface area (Å²) < 4.78 is 0. The average Bonchev–Trinajstić information content (AvgIpc) is 2.98. The van der Waals surface area contributed by atoms with E-state index in [-0.39, 0.29) is 0 Å². The standard InChI is InChI=1S/C17H14N2O/c18-17(20)16-11-10-15(19-16)14-8-6-13(7-9-14)12-4-2-1-3-5-12/h1-11,19H,(H2,18,20). The second-order valence-corrected chi connectivity index (χ2v) is 4.59. The molecule has 0 spiro atoms. The van der Waals surface area contributed by atoms with Crippen molar-refractivity contribution in [2.45, 2.75) is 0 Å². The number of rotatable bonds is 3. The second kappa shape index (κ2) is 5.05. The highest BCUT2D eigenvalue weighted by molar-refractivity contribution is 5.92. The third-order valence-corrected chi connectivity index (χ3v) is 3.25. The quantitative estimate of drug-likeness (QED) is 0.746. The van der Waals surface area contributed by atoms with Gasteiger partial charge in [-0.1, -0.05) is 54.6 Å². The zero-order chi connectivity index (χ0) is 13.9. The van der Waals surface area contributed by atoms with Crippen LogP contribution in [0.25, 0.3) is 22.4 Å². The van der Waals surface area contributed by atoms with Crippen molar-refractivity contribution in [1.82, 2.24) is 4.98 Å². The van der Waals surface area contributed by atoms with Gasteiger partial charge in [-0.25, -0.2) is 0 Å². The van der Waals surface area contributed by atoms with Crippen LogP contribution in [-0.4, -0.2) is 10.9 Å². The van der Waals surface area contributed by atoms with Gasteiger partial charge in [0.05, 0.1) is 0 Å². The van der Waals surface area contributed by atoms with Gasteiger partial charge in [0.2, 0.25) is 0 Å².